The van der Waals surface area contributed by atoms with Crippen LogP contribution in [0.25, 0.3) is 10.9 Å². The number of aliphatic imine (C=N–C) groups is 1. The van der Waals surface area contributed by atoms with E-state index in [1.54, 1.807) is 0 Å². The fourth-order valence-corrected chi connectivity index (χ4v) is 2.97. The van der Waals surface area contributed by atoms with Crippen molar-refractivity contribution in [3.05, 3.63) is 23.8 Å². The van der Waals surface area contributed by atoms with Gasteiger partial charge in [-0.3, -0.25) is 4.99 Å². The lowest BCUT2D eigenvalue weighted by Gasteiger charge is -2.29. The van der Waals surface area contributed by atoms with Crippen molar-refractivity contribution in [2.24, 2.45) is 4.99 Å². The van der Waals surface area contributed by atoms with Crippen molar-refractivity contribution in [3.8, 4) is 0 Å². The van der Waals surface area contributed by atoms with Gasteiger partial charge in [0.15, 0.2) is 0 Å². The van der Waals surface area contributed by atoms with Crippen LogP contribution in [0.1, 0.15) is 25.3 Å². The normalized spacial score (nSPS) is 15.5. The number of benzene rings is 1. The SMILES string of the molecule is CCCCN=Cc1c(N)c(N)nc2ccc(N3CCNCC3)cc12. The van der Waals surface area contributed by atoms with Crippen molar-refractivity contribution in [3.63, 3.8) is 0 Å². The Kier molecular flexibility index (Phi) is 5.15. The van der Waals surface area contributed by atoms with Crippen LogP contribution < -0.4 is 21.7 Å². The Hall–Kier alpha value is -2.34. The highest BCUT2D eigenvalue weighted by atomic mass is 15.2. The van der Waals surface area contributed by atoms with Gasteiger partial charge in [0.05, 0.1) is 11.2 Å². The lowest BCUT2D eigenvalue weighted by Crippen LogP contribution is -2.43. The van der Waals surface area contributed by atoms with E-state index >= 15 is 0 Å². The van der Waals surface area contributed by atoms with Crippen LogP contribution in [0.5, 0.6) is 0 Å². The van der Waals surface area contributed by atoms with Crippen molar-refractivity contribution in [1.29, 1.82) is 0 Å². The van der Waals surface area contributed by atoms with Crippen molar-refractivity contribution in [2.75, 3.05) is 49.1 Å². The van der Waals surface area contributed by atoms with Crippen LogP contribution in [0, 0.1) is 0 Å². The Bertz CT molecular complexity index is 734. The molecule has 0 spiro atoms. The van der Waals surface area contributed by atoms with Crippen molar-refractivity contribution in [2.45, 2.75) is 19.8 Å². The smallest absolute Gasteiger partial charge is 0.148 e. The Morgan fingerprint density at radius 3 is 2.83 bits per heavy atom. The Balaban J connectivity index is 2.02. The number of hydrogen-bond donors (Lipinski definition) is 3. The van der Waals surface area contributed by atoms with Gasteiger partial charge in [-0.05, 0) is 24.6 Å². The zero-order valence-electron chi connectivity index (χ0n) is 14.3. The van der Waals surface area contributed by atoms with Gasteiger partial charge >= 0.3 is 0 Å². The van der Waals surface area contributed by atoms with E-state index in [0.717, 1.165) is 62.0 Å². The average molecular weight is 326 g/mol. The highest BCUT2D eigenvalue weighted by Crippen LogP contribution is 2.29. The van der Waals surface area contributed by atoms with Crippen LogP contribution in [0.4, 0.5) is 17.2 Å². The summed E-state index contributed by atoms with van der Waals surface area (Å²) in [6.45, 7) is 6.98. The highest BCUT2D eigenvalue weighted by molar-refractivity contribution is 6.06. The van der Waals surface area contributed by atoms with Gasteiger partial charge in [-0.15, -0.1) is 0 Å². The molecule has 0 radical (unpaired) electrons. The van der Waals surface area contributed by atoms with Gasteiger partial charge in [-0.25, -0.2) is 4.98 Å². The minimum absolute atomic E-state index is 0.370. The molecule has 6 heteroatoms. The molecule has 1 saturated heterocycles. The number of aromatic nitrogens is 1. The third kappa shape index (κ3) is 3.43. The molecule has 0 amide bonds. The first-order valence-electron chi connectivity index (χ1n) is 8.65. The molecule has 1 aromatic heterocycles. The second kappa shape index (κ2) is 7.49. The van der Waals surface area contributed by atoms with Crippen LogP contribution >= 0.6 is 0 Å². The van der Waals surface area contributed by atoms with Gasteiger partial charge in [0, 0.05) is 55.6 Å². The fraction of sp³-hybridized carbons (Fsp3) is 0.444. The summed E-state index contributed by atoms with van der Waals surface area (Å²) in [5.41, 5.74) is 15.6. The van der Waals surface area contributed by atoms with E-state index in [9.17, 15) is 0 Å². The summed E-state index contributed by atoms with van der Waals surface area (Å²) in [6, 6.07) is 6.28. The van der Waals surface area contributed by atoms with E-state index in [1.807, 2.05) is 12.3 Å². The quantitative estimate of drug-likeness (QED) is 0.577. The first-order valence-corrected chi connectivity index (χ1v) is 8.65. The molecule has 1 aliphatic rings. The predicted molar refractivity (Wildman–Crippen MR) is 103 cm³/mol. The van der Waals surface area contributed by atoms with Gasteiger partial charge in [0.1, 0.15) is 5.82 Å². The van der Waals surface area contributed by atoms with Gasteiger partial charge < -0.3 is 21.7 Å². The third-order valence-electron chi connectivity index (χ3n) is 4.42. The van der Waals surface area contributed by atoms with E-state index in [4.69, 9.17) is 11.5 Å². The van der Waals surface area contributed by atoms with Crippen LogP contribution in [-0.4, -0.2) is 43.9 Å². The van der Waals surface area contributed by atoms with Crippen LogP contribution in [0.15, 0.2) is 23.2 Å². The van der Waals surface area contributed by atoms with E-state index in [1.165, 1.54) is 5.69 Å². The Morgan fingerprint density at radius 2 is 2.08 bits per heavy atom. The molecule has 1 fully saturated rings. The van der Waals surface area contributed by atoms with E-state index in [2.05, 4.69) is 39.2 Å². The molecular weight excluding hydrogens is 300 g/mol. The minimum Gasteiger partial charge on any atom is -0.395 e. The maximum atomic E-state index is 6.19. The number of anilines is 3. The summed E-state index contributed by atoms with van der Waals surface area (Å²) in [4.78, 5) is 11.3. The van der Waals surface area contributed by atoms with Gasteiger partial charge in [-0.1, -0.05) is 13.3 Å². The second-order valence-corrected chi connectivity index (χ2v) is 6.15. The zero-order valence-corrected chi connectivity index (χ0v) is 14.3. The van der Waals surface area contributed by atoms with Crippen molar-refractivity contribution >= 4 is 34.3 Å². The summed E-state index contributed by atoms with van der Waals surface area (Å²) < 4.78 is 0. The van der Waals surface area contributed by atoms with E-state index in [-0.39, 0.29) is 0 Å². The van der Waals surface area contributed by atoms with Gasteiger partial charge in [0.25, 0.3) is 0 Å². The average Bonchev–Trinajstić information content (AvgIpc) is 2.62. The molecule has 3 rings (SSSR count). The summed E-state index contributed by atoms with van der Waals surface area (Å²) in [5.74, 6) is 0.370. The molecule has 1 aromatic carbocycles. The monoisotopic (exact) mass is 326 g/mol. The summed E-state index contributed by atoms with van der Waals surface area (Å²) >= 11 is 0. The molecule has 24 heavy (non-hydrogen) atoms. The molecule has 128 valence electrons. The van der Waals surface area contributed by atoms with E-state index < -0.39 is 0 Å². The number of nitrogen functional groups attached to an aromatic ring is 2. The zero-order chi connectivity index (χ0) is 16.9. The number of nitrogens with one attached hydrogen (secondary N) is 1. The van der Waals surface area contributed by atoms with Crippen molar-refractivity contribution < 1.29 is 0 Å². The fourth-order valence-electron chi connectivity index (χ4n) is 2.97. The predicted octanol–water partition coefficient (Wildman–Crippen LogP) is 2.03. The van der Waals surface area contributed by atoms with Gasteiger partial charge in [0.2, 0.25) is 0 Å². The van der Waals surface area contributed by atoms with Gasteiger partial charge in [-0.2, -0.15) is 0 Å². The maximum absolute atomic E-state index is 6.19. The number of fused-ring (bicyclic) bond motifs is 1. The molecule has 0 saturated carbocycles. The maximum Gasteiger partial charge on any atom is 0.148 e. The van der Waals surface area contributed by atoms with Crippen molar-refractivity contribution in [1.82, 2.24) is 10.3 Å². The third-order valence-corrected chi connectivity index (χ3v) is 4.42. The lowest BCUT2D eigenvalue weighted by atomic mass is 10.1. The second-order valence-electron chi connectivity index (χ2n) is 6.15. The number of hydrogen-bond acceptors (Lipinski definition) is 6. The van der Waals surface area contributed by atoms with Crippen LogP contribution in [0.3, 0.4) is 0 Å². The molecule has 6 nitrogen and oxygen atoms in total. The lowest BCUT2D eigenvalue weighted by molar-refractivity contribution is 0.589. The minimum atomic E-state index is 0.370. The molecule has 2 heterocycles. The molecule has 0 bridgehead atoms. The summed E-state index contributed by atoms with van der Waals surface area (Å²) in [5, 5.41) is 4.39. The first-order chi connectivity index (χ1) is 11.7. The molecule has 0 aliphatic carbocycles. The molecule has 0 unspecified atom stereocenters. The number of nitrogens with two attached hydrogens (primary N) is 2. The molecular formula is C18H26N6. The number of unbranched alkanes of at least 4 members (excludes halogenated alkanes) is 1. The largest absolute Gasteiger partial charge is 0.395 e. The molecule has 0 atom stereocenters. The number of piperazine rings is 1. The number of nitrogens with zero attached hydrogens (tertiary/aromatic N) is 3. The number of rotatable bonds is 5. The number of pyridine rings is 1. The standard InChI is InChI=1S/C18H26N6/c1-2-3-6-22-12-15-14-11-13(24-9-7-21-8-10-24)4-5-16(14)23-18(20)17(15)19/h4-5,11-12,21H,2-3,6-10,19H2,1H3,(H2,20,23). The van der Waals surface area contributed by atoms with Crippen LogP contribution in [0.2, 0.25) is 0 Å². The topological polar surface area (TPSA) is 92.6 Å². The van der Waals surface area contributed by atoms with E-state index in [0.29, 0.717) is 11.5 Å². The first kappa shape index (κ1) is 16.5. The summed E-state index contributed by atoms with van der Waals surface area (Å²) in [6.07, 6.45) is 4.05. The summed E-state index contributed by atoms with van der Waals surface area (Å²) in [7, 11) is 0. The molecule has 2 aromatic rings. The molecule has 5 N–H and O–H groups in total. The highest BCUT2D eigenvalue weighted by Gasteiger charge is 2.14. The Labute approximate surface area is 142 Å². The molecule has 1 aliphatic heterocycles. The van der Waals surface area contributed by atoms with Crippen LogP contribution in [-0.2, 0) is 0 Å². The Morgan fingerprint density at radius 1 is 1.29 bits per heavy atom.